The summed E-state index contributed by atoms with van der Waals surface area (Å²) in [5, 5.41) is 26.8. The fraction of sp³-hybridized carbons (Fsp3) is 0.542. The molecule has 4 amide bonds. The van der Waals surface area contributed by atoms with Gasteiger partial charge >= 0.3 is 5.97 Å². The van der Waals surface area contributed by atoms with Gasteiger partial charge in [0.15, 0.2) is 0 Å². The van der Waals surface area contributed by atoms with E-state index in [1.54, 1.807) is 30.3 Å². The first kappa shape index (κ1) is 31.5. The largest absolute Gasteiger partial charge is 0.480 e. The van der Waals surface area contributed by atoms with Crippen LogP contribution >= 0.6 is 0 Å². The molecule has 1 rings (SSSR count). The standard InChI is InChI=1S/C24H38N6O7/c1-14(31)20(23(35)28-17(24(36)37)9-5-6-12-25)30-22(34)18(13-15-7-3-2-4-8-15)29-21(33)16(26)10-11-19(27)32/h2-4,7-8,14,16-18,20,31H,5-6,9-13,25-26H2,1H3,(H2,27,32)(H,28,35)(H,29,33)(H,30,34)(H,36,37). The average molecular weight is 523 g/mol. The van der Waals surface area contributed by atoms with E-state index in [9.17, 15) is 34.2 Å². The summed E-state index contributed by atoms with van der Waals surface area (Å²) in [6.45, 7) is 1.63. The third-order valence-electron chi connectivity index (χ3n) is 5.58. The molecule has 206 valence electrons. The van der Waals surface area contributed by atoms with Crippen molar-refractivity contribution in [1.82, 2.24) is 16.0 Å². The lowest BCUT2D eigenvalue weighted by Crippen LogP contribution is -2.60. The van der Waals surface area contributed by atoms with E-state index in [1.165, 1.54) is 6.92 Å². The van der Waals surface area contributed by atoms with Crippen LogP contribution in [0.2, 0.25) is 0 Å². The van der Waals surface area contributed by atoms with E-state index in [4.69, 9.17) is 17.2 Å². The molecule has 0 bridgehead atoms. The SMILES string of the molecule is CC(O)C(NC(=O)C(Cc1ccccc1)NC(=O)C(N)CCC(N)=O)C(=O)NC(CCCCN)C(=O)O. The fourth-order valence-electron chi connectivity index (χ4n) is 3.44. The van der Waals surface area contributed by atoms with E-state index >= 15 is 0 Å². The number of benzene rings is 1. The Morgan fingerprint density at radius 2 is 1.51 bits per heavy atom. The molecule has 11 N–H and O–H groups in total. The molecule has 0 saturated heterocycles. The van der Waals surface area contributed by atoms with E-state index in [-0.39, 0.29) is 25.7 Å². The Bertz CT molecular complexity index is 912. The number of hydrogen-bond acceptors (Lipinski definition) is 8. The van der Waals surface area contributed by atoms with Crippen LogP contribution in [0.15, 0.2) is 30.3 Å². The van der Waals surface area contributed by atoms with Crippen molar-refractivity contribution in [2.24, 2.45) is 17.2 Å². The fourth-order valence-corrected chi connectivity index (χ4v) is 3.44. The van der Waals surface area contributed by atoms with Gasteiger partial charge < -0.3 is 43.4 Å². The van der Waals surface area contributed by atoms with E-state index in [1.807, 2.05) is 0 Å². The molecule has 0 radical (unpaired) electrons. The number of hydrogen-bond donors (Lipinski definition) is 8. The number of carbonyl (C=O) groups is 5. The number of nitrogens with two attached hydrogens (primary N) is 3. The van der Waals surface area contributed by atoms with Crippen molar-refractivity contribution in [2.75, 3.05) is 6.54 Å². The highest BCUT2D eigenvalue weighted by atomic mass is 16.4. The minimum absolute atomic E-state index is 0.0275. The maximum absolute atomic E-state index is 13.2. The third kappa shape index (κ3) is 11.8. The summed E-state index contributed by atoms with van der Waals surface area (Å²) in [6, 6.07) is 3.69. The molecule has 0 aliphatic heterocycles. The molecule has 0 aromatic heterocycles. The molecule has 0 fully saturated rings. The first-order chi connectivity index (χ1) is 17.5. The maximum atomic E-state index is 13.2. The molecule has 0 spiro atoms. The second kappa shape index (κ2) is 16.2. The Morgan fingerprint density at radius 3 is 2.05 bits per heavy atom. The first-order valence-electron chi connectivity index (χ1n) is 12.1. The molecule has 0 aliphatic carbocycles. The van der Waals surface area contributed by atoms with Crippen LogP contribution in [0.3, 0.4) is 0 Å². The molecule has 5 atom stereocenters. The van der Waals surface area contributed by atoms with Crippen LogP contribution in [0.4, 0.5) is 0 Å². The van der Waals surface area contributed by atoms with Gasteiger partial charge in [-0.1, -0.05) is 30.3 Å². The Balaban J connectivity index is 3.02. The molecule has 0 heterocycles. The van der Waals surface area contributed by atoms with Gasteiger partial charge in [-0.3, -0.25) is 19.2 Å². The van der Waals surface area contributed by atoms with Gasteiger partial charge in [0, 0.05) is 12.8 Å². The zero-order valence-electron chi connectivity index (χ0n) is 20.9. The minimum atomic E-state index is -1.50. The van der Waals surface area contributed by atoms with Gasteiger partial charge in [0.25, 0.3) is 0 Å². The summed E-state index contributed by atoms with van der Waals surface area (Å²) < 4.78 is 0. The normalized spacial score (nSPS) is 14.9. The number of aliphatic hydroxyl groups excluding tert-OH is 1. The lowest BCUT2D eigenvalue weighted by atomic mass is 10.0. The van der Waals surface area contributed by atoms with Gasteiger partial charge in [-0.15, -0.1) is 0 Å². The number of aliphatic hydroxyl groups is 1. The minimum Gasteiger partial charge on any atom is -0.480 e. The van der Waals surface area contributed by atoms with Crippen molar-refractivity contribution in [3.8, 4) is 0 Å². The molecule has 1 aromatic rings. The summed E-state index contributed by atoms with van der Waals surface area (Å²) in [5.74, 6) is -4.29. The monoisotopic (exact) mass is 522 g/mol. The zero-order valence-corrected chi connectivity index (χ0v) is 20.9. The number of unbranched alkanes of at least 4 members (excludes halogenated alkanes) is 1. The predicted molar refractivity (Wildman–Crippen MR) is 135 cm³/mol. The van der Waals surface area contributed by atoms with Crippen LogP contribution in [-0.4, -0.2) is 76.6 Å². The average Bonchev–Trinajstić information content (AvgIpc) is 2.84. The Morgan fingerprint density at radius 1 is 0.892 bits per heavy atom. The number of carboxylic acid groups (broad SMARTS) is 1. The smallest absolute Gasteiger partial charge is 0.326 e. The molecule has 0 aliphatic rings. The number of carboxylic acids is 1. The van der Waals surface area contributed by atoms with Crippen molar-refractivity contribution in [2.45, 2.75) is 75.7 Å². The highest BCUT2D eigenvalue weighted by Crippen LogP contribution is 2.07. The van der Waals surface area contributed by atoms with Crippen molar-refractivity contribution in [3.63, 3.8) is 0 Å². The van der Waals surface area contributed by atoms with Gasteiger partial charge in [0.2, 0.25) is 23.6 Å². The summed E-state index contributed by atoms with van der Waals surface area (Å²) in [5.41, 5.74) is 17.0. The number of rotatable bonds is 17. The molecular weight excluding hydrogens is 484 g/mol. The number of primary amides is 1. The number of carbonyl (C=O) groups excluding carboxylic acids is 4. The Hall–Kier alpha value is -3.55. The van der Waals surface area contributed by atoms with E-state index in [0.717, 1.165) is 0 Å². The lowest BCUT2D eigenvalue weighted by Gasteiger charge is -2.26. The van der Waals surface area contributed by atoms with Gasteiger partial charge in [0.05, 0.1) is 12.1 Å². The van der Waals surface area contributed by atoms with E-state index < -0.39 is 59.9 Å². The quantitative estimate of drug-likeness (QED) is 0.104. The van der Waals surface area contributed by atoms with Crippen LogP contribution in [0.1, 0.15) is 44.6 Å². The topological polar surface area (TPSA) is 240 Å². The van der Waals surface area contributed by atoms with E-state index in [0.29, 0.717) is 24.9 Å². The van der Waals surface area contributed by atoms with Crippen LogP contribution < -0.4 is 33.2 Å². The molecule has 13 nitrogen and oxygen atoms in total. The van der Waals surface area contributed by atoms with Gasteiger partial charge in [0.1, 0.15) is 18.1 Å². The second-order valence-corrected chi connectivity index (χ2v) is 8.77. The third-order valence-corrected chi connectivity index (χ3v) is 5.58. The predicted octanol–water partition coefficient (Wildman–Crippen LogP) is -2.13. The lowest BCUT2D eigenvalue weighted by molar-refractivity contribution is -0.143. The maximum Gasteiger partial charge on any atom is 0.326 e. The van der Waals surface area contributed by atoms with Crippen LogP contribution in [0, 0.1) is 0 Å². The van der Waals surface area contributed by atoms with Crippen LogP contribution in [0.5, 0.6) is 0 Å². The second-order valence-electron chi connectivity index (χ2n) is 8.77. The first-order valence-corrected chi connectivity index (χ1v) is 12.1. The van der Waals surface area contributed by atoms with Gasteiger partial charge in [-0.2, -0.15) is 0 Å². The molecule has 37 heavy (non-hydrogen) atoms. The molecule has 0 saturated carbocycles. The highest BCUT2D eigenvalue weighted by Gasteiger charge is 2.32. The van der Waals surface area contributed by atoms with Crippen molar-refractivity contribution < 1.29 is 34.2 Å². The zero-order chi connectivity index (χ0) is 28.0. The number of amides is 4. The van der Waals surface area contributed by atoms with Crippen molar-refractivity contribution >= 4 is 29.6 Å². The summed E-state index contributed by atoms with van der Waals surface area (Å²) >= 11 is 0. The van der Waals surface area contributed by atoms with E-state index in [2.05, 4.69) is 16.0 Å². The van der Waals surface area contributed by atoms with Crippen molar-refractivity contribution in [3.05, 3.63) is 35.9 Å². The number of nitrogens with one attached hydrogen (secondary N) is 3. The van der Waals surface area contributed by atoms with Gasteiger partial charge in [-0.25, -0.2) is 4.79 Å². The molecular formula is C24H38N6O7. The Labute approximate surface area is 215 Å². The van der Waals surface area contributed by atoms with Crippen LogP contribution in [0.25, 0.3) is 0 Å². The number of aliphatic carboxylic acids is 1. The van der Waals surface area contributed by atoms with Gasteiger partial charge in [-0.05, 0) is 44.7 Å². The highest BCUT2D eigenvalue weighted by molar-refractivity contribution is 5.94. The molecule has 5 unspecified atom stereocenters. The summed E-state index contributed by atoms with van der Waals surface area (Å²) in [6.07, 6.45) is -0.349. The molecule has 1 aromatic carbocycles. The summed E-state index contributed by atoms with van der Waals surface area (Å²) in [7, 11) is 0. The summed E-state index contributed by atoms with van der Waals surface area (Å²) in [4.78, 5) is 61.1. The Kier molecular flexibility index (Phi) is 13.8. The van der Waals surface area contributed by atoms with Crippen molar-refractivity contribution in [1.29, 1.82) is 0 Å². The van der Waals surface area contributed by atoms with Crippen LogP contribution in [-0.2, 0) is 30.4 Å². The molecule has 13 heteroatoms.